The first kappa shape index (κ1) is 14.4. The molecule has 0 saturated carbocycles. The van der Waals surface area contributed by atoms with Gasteiger partial charge in [-0.1, -0.05) is 35.9 Å². The summed E-state index contributed by atoms with van der Waals surface area (Å²) in [6.45, 7) is 2.12. The molecule has 21 heavy (non-hydrogen) atoms. The van der Waals surface area contributed by atoms with Crippen LogP contribution in [0.15, 0.2) is 42.5 Å². The molecule has 1 aliphatic rings. The van der Waals surface area contributed by atoms with Gasteiger partial charge in [0.1, 0.15) is 5.75 Å². The van der Waals surface area contributed by atoms with Crippen LogP contribution in [0.2, 0.25) is 5.02 Å². The van der Waals surface area contributed by atoms with Crippen LogP contribution in [-0.2, 0) is 6.42 Å². The van der Waals surface area contributed by atoms with Crippen molar-refractivity contribution in [3.8, 4) is 5.75 Å². The highest BCUT2D eigenvalue weighted by atomic mass is 35.5. The number of hydrogen-bond donors (Lipinski definition) is 1. The fraction of sp³-hybridized carbons (Fsp3) is 0.333. The molecule has 0 fully saturated rings. The minimum absolute atomic E-state index is 0.111. The largest absolute Gasteiger partial charge is 0.508 e. The summed E-state index contributed by atoms with van der Waals surface area (Å²) in [5, 5.41) is 10.8. The fourth-order valence-corrected chi connectivity index (χ4v) is 3.49. The van der Waals surface area contributed by atoms with Gasteiger partial charge in [0, 0.05) is 22.7 Å². The zero-order valence-corrected chi connectivity index (χ0v) is 13.1. The monoisotopic (exact) mass is 301 g/mol. The van der Waals surface area contributed by atoms with Crippen LogP contribution < -0.4 is 0 Å². The Morgan fingerprint density at radius 3 is 2.81 bits per heavy atom. The lowest BCUT2D eigenvalue weighted by atomic mass is 10.0. The summed E-state index contributed by atoms with van der Waals surface area (Å²) in [4.78, 5) is 2.33. The smallest absolute Gasteiger partial charge is 0.120 e. The minimum atomic E-state index is 0.111. The number of halogens is 1. The Hall–Kier alpha value is -1.51. The molecule has 0 heterocycles. The second-order valence-electron chi connectivity index (χ2n) is 5.80. The number of rotatable bonds is 3. The molecule has 0 spiro atoms. The van der Waals surface area contributed by atoms with E-state index in [0.29, 0.717) is 16.8 Å². The molecular formula is C18H20ClNO. The van der Waals surface area contributed by atoms with E-state index in [1.165, 1.54) is 11.1 Å². The van der Waals surface area contributed by atoms with E-state index >= 15 is 0 Å². The molecule has 0 bridgehead atoms. The first-order chi connectivity index (χ1) is 10.1. The van der Waals surface area contributed by atoms with Gasteiger partial charge >= 0.3 is 0 Å². The number of fused-ring (bicyclic) bond motifs is 1. The number of hydrogen-bond acceptors (Lipinski definition) is 2. The molecule has 2 unspecified atom stereocenters. The molecule has 1 N–H and O–H groups in total. The molecule has 1 aliphatic carbocycles. The van der Waals surface area contributed by atoms with Crippen LogP contribution in [0.1, 0.15) is 42.1 Å². The molecule has 0 saturated heterocycles. The van der Waals surface area contributed by atoms with Gasteiger partial charge in [0.25, 0.3) is 0 Å². The number of aryl methyl sites for hydroxylation is 1. The van der Waals surface area contributed by atoms with Crippen molar-refractivity contribution in [2.75, 3.05) is 7.05 Å². The molecular weight excluding hydrogens is 282 g/mol. The third-order valence-electron chi connectivity index (χ3n) is 4.64. The van der Waals surface area contributed by atoms with Crippen LogP contribution in [-0.4, -0.2) is 17.1 Å². The number of phenols is 1. The molecule has 2 aromatic carbocycles. The summed E-state index contributed by atoms with van der Waals surface area (Å²) < 4.78 is 0. The van der Waals surface area contributed by atoms with Gasteiger partial charge in [-0.25, -0.2) is 0 Å². The second-order valence-corrected chi connectivity index (χ2v) is 6.23. The van der Waals surface area contributed by atoms with E-state index in [9.17, 15) is 5.11 Å². The maximum absolute atomic E-state index is 10.1. The van der Waals surface area contributed by atoms with E-state index in [4.69, 9.17) is 11.6 Å². The Morgan fingerprint density at radius 1 is 1.24 bits per heavy atom. The fourth-order valence-electron chi connectivity index (χ4n) is 3.31. The van der Waals surface area contributed by atoms with Crippen molar-refractivity contribution < 1.29 is 5.11 Å². The van der Waals surface area contributed by atoms with Crippen molar-refractivity contribution >= 4 is 11.6 Å². The molecule has 3 heteroatoms. The van der Waals surface area contributed by atoms with Crippen LogP contribution >= 0.6 is 11.6 Å². The molecule has 110 valence electrons. The Bertz CT molecular complexity index is 655. The van der Waals surface area contributed by atoms with Gasteiger partial charge < -0.3 is 5.11 Å². The normalized spacial score (nSPS) is 18.8. The van der Waals surface area contributed by atoms with Gasteiger partial charge in [-0.3, -0.25) is 4.90 Å². The highest BCUT2D eigenvalue weighted by molar-refractivity contribution is 6.30. The average Bonchev–Trinajstić information content (AvgIpc) is 2.92. The highest BCUT2D eigenvalue weighted by Gasteiger charge is 2.29. The van der Waals surface area contributed by atoms with Gasteiger partial charge in [-0.05, 0) is 56.1 Å². The number of phenolic OH excluding ortho intramolecular Hbond substituents is 1. The molecule has 2 nitrogen and oxygen atoms in total. The maximum Gasteiger partial charge on any atom is 0.120 e. The Balaban J connectivity index is 1.89. The van der Waals surface area contributed by atoms with Gasteiger partial charge in [0.15, 0.2) is 0 Å². The first-order valence-electron chi connectivity index (χ1n) is 7.36. The third-order valence-corrected chi connectivity index (χ3v) is 4.88. The summed E-state index contributed by atoms with van der Waals surface area (Å²) in [5.41, 5.74) is 3.74. The van der Waals surface area contributed by atoms with Crippen molar-refractivity contribution in [3.05, 3.63) is 64.2 Å². The van der Waals surface area contributed by atoms with Gasteiger partial charge in [-0.2, -0.15) is 0 Å². The van der Waals surface area contributed by atoms with Gasteiger partial charge in [0.05, 0.1) is 0 Å². The number of aromatic hydroxyl groups is 1. The van der Waals surface area contributed by atoms with E-state index < -0.39 is 0 Å². The number of nitrogens with zero attached hydrogens (tertiary/aromatic N) is 1. The highest BCUT2D eigenvalue weighted by Crippen LogP contribution is 2.40. The van der Waals surface area contributed by atoms with Crippen LogP contribution in [0.3, 0.4) is 0 Å². The van der Waals surface area contributed by atoms with Crippen molar-refractivity contribution in [2.24, 2.45) is 0 Å². The van der Waals surface area contributed by atoms with Crippen LogP contribution in [0, 0.1) is 0 Å². The predicted molar refractivity (Wildman–Crippen MR) is 86.8 cm³/mol. The zero-order chi connectivity index (χ0) is 15.0. The second kappa shape index (κ2) is 5.70. The lowest BCUT2D eigenvalue weighted by Gasteiger charge is -2.32. The summed E-state index contributed by atoms with van der Waals surface area (Å²) in [7, 11) is 2.12. The number of benzene rings is 2. The van der Waals surface area contributed by atoms with E-state index in [-0.39, 0.29) is 6.04 Å². The van der Waals surface area contributed by atoms with Crippen LogP contribution in [0.4, 0.5) is 0 Å². The van der Waals surface area contributed by atoms with Crippen molar-refractivity contribution in [1.82, 2.24) is 4.90 Å². The van der Waals surface area contributed by atoms with Crippen LogP contribution in [0.25, 0.3) is 0 Å². The third kappa shape index (κ3) is 2.66. The SMILES string of the molecule is CC(c1cc(Cl)ccc1O)N(C)C1CCc2ccccc21. The lowest BCUT2D eigenvalue weighted by molar-refractivity contribution is 0.182. The van der Waals surface area contributed by atoms with Gasteiger partial charge in [-0.15, -0.1) is 0 Å². The molecule has 0 aromatic heterocycles. The Labute approximate surface area is 131 Å². The van der Waals surface area contributed by atoms with Gasteiger partial charge in [0.2, 0.25) is 0 Å². The molecule has 3 rings (SSSR count). The van der Waals surface area contributed by atoms with Crippen molar-refractivity contribution in [1.29, 1.82) is 0 Å². The molecule has 0 aliphatic heterocycles. The predicted octanol–water partition coefficient (Wildman–Crippen LogP) is 4.73. The Morgan fingerprint density at radius 2 is 2.00 bits per heavy atom. The summed E-state index contributed by atoms with van der Waals surface area (Å²) >= 11 is 6.08. The summed E-state index contributed by atoms with van der Waals surface area (Å²) in [5.74, 6) is 0.310. The Kier molecular flexibility index (Phi) is 3.92. The molecule has 2 aromatic rings. The van der Waals surface area contributed by atoms with E-state index in [0.717, 1.165) is 18.4 Å². The topological polar surface area (TPSA) is 23.5 Å². The van der Waals surface area contributed by atoms with Crippen molar-refractivity contribution in [3.63, 3.8) is 0 Å². The first-order valence-corrected chi connectivity index (χ1v) is 7.74. The van der Waals surface area contributed by atoms with E-state index in [2.05, 4.69) is 43.1 Å². The minimum Gasteiger partial charge on any atom is -0.508 e. The standard InChI is InChI=1S/C18H20ClNO/c1-12(16-11-14(19)8-10-18(16)21)20(2)17-9-7-13-5-3-4-6-15(13)17/h3-6,8,10-12,17,21H,7,9H2,1-2H3. The van der Waals surface area contributed by atoms with Crippen molar-refractivity contribution in [2.45, 2.75) is 31.8 Å². The zero-order valence-electron chi connectivity index (χ0n) is 12.4. The van der Waals surface area contributed by atoms with E-state index in [1.54, 1.807) is 12.1 Å². The average molecular weight is 302 g/mol. The maximum atomic E-state index is 10.1. The molecule has 2 atom stereocenters. The lowest BCUT2D eigenvalue weighted by Crippen LogP contribution is -2.26. The van der Waals surface area contributed by atoms with Crippen LogP contribution in [0.5, 0.6) is 5.75 Å². The molecule has 0 amide bonds. The summed E-state index contributed by atoms with van der Waals surface area (Å²) in [6, 6.07) is 14.4. The van der Waals surface area contributed by atoms with E-state index in [1.807, 2.05) is 6.07 Å². The quantitative estimate of drug-likeness (QED) is 0.886. The summed E-state index contributed by atoms with van der Waals surface area (Å²) in [6.07, 6.45) is 2.25. The molecule has 0 radical (unpaired) electrons.